The molecule has 0 aliphatic heterocycles. The van der Waals surface area contributed by atoms with Crippen LogP contribution in [0.3, 0.4) is 0 Å². The van der Waals surface area contributed by atoms with Gasteiger partial charge in [0.15, 0.2) is 5.82 Å². The Kier molecular flexibility index (Phi) is 5.23. The number of hydrogen-bond acceptors (Lipinski definition) is 6. The zero-order chi connectivity index (χ0) is 18.5. The zero-order valence-electron chi connectivity index (χ0n) is 14.2. The lowest BCUT2D eigenvalue weighted by Gasteiger charge is -2.03. The molecule has 1 N–H and O–H groups in total. The summed E-state index contributed by atoms with van der Waals surface area (Å²) in [6.07, 6.45) is 1.64. The number of carbonyl (C=O) groups is 1. The number of H-pyrrole nitrogens is 1. The zero-order valence-corrected chi connectivity index (χ0v) is 15.0. The predicted molar refractivity (Wildman–Crippen MR) is 100 cm³/mol. The second-order valence-electron chi connectivity index (χ2n) is 5.25. The van der Waals surface area contributed by atoms with Crippen LogP contribution in [0.4, 0.5) is 0 Å². The molecule has 2 aromatic carbocycles. The van der Waals surface area contributed by atoms with E-state index in [0.29, 0.717) is 16.2 Å². The molecular formula is C18H16N4O3S. The third-order valence-electron chi connectivity index (χ3n) is 3.65. The van der Waals surface area contributed by atoms with Gasteiger partial charge >= 0.3 is 5.97 Å². The largest absolute Gasteiger partial charge is 0.497 e. The van der Waals surface area contributed by atoms with Gasteiger partial charge in [-0.2, -0.15) is 14.9 Å². The summed E-state index contributed by atoms with van der Waals surface area (Å²) in [7, 11) is 2.96. The number of esters is 1. The Balaban J connectivity index is 1.88. The second kappa shape index (κ2) is 7.75. The quantitative estimate of drug-likeness (QED) is 0.425. The number of nitrogens with zero attached hydrogens (tertiary/aromatic N) is 3. The van der Waals surface area contributed by atoms with Gasteiger partial charge < -0.3 is 9.47 Å². The molecule has 0 bridgehead atoms. The van der Waals surface area contributed by atoms with E-state index in [9.17, 15) is 4.79 Å². The molecule has 0 atom stereocenters. The van der Waals surface area contributed by atoms with Crippen molar-refractivity contribution in [3.8, 4) is 17.1 Å². The maximum atomic E-state index is 11.5. The van der Waals surface area contributed by atoms with Gasteiger partial charge in [-0.25, -0.2) is 9.89 Å². The number of carbonyl (C=O) groups excluding carboxylic acids is 1. The number of aromatic nitrogens is 3. The minimum absolute atomic E-state index is 0.373. The number of methoxy groups -OCH3 is 2. The van der Waals surface area contributed by atoms with Crippen LogP contribution in [0, 0.1) is 4.77 Å². The SMILES string of the molecule is COC(=O)c1ccc(/C=N/n2c(-c3ccc(OC)cc3)n[nH]c2=S)cc1. The average molecular weight is 368 g/mol. The van der Waals surface area contributed by atoms with E-state index < -0.39 is 0 Å². The van der Waals surface area contributed by atoms with Crippen LogP contribution >= 0.6 is 12.2 Å². The predicted octanol–water partition coefficient (Wildman–Crippen LogP) is 3.29. The fourth-order valence-corrected chi connectivity index (χ4v) is 2.45. The van der Waals surface area contributed by atoms with Crippen LogP contribution in [0.1, 0.15) is 15.9 Å². The molecule has 0 fully saturated rings. The van der Waals surface area contributed by atoms with Gasteiger partial charge in [-0.05, 0) is 54.2 Å². The number of ether oxygens (including phenoxy) is 2. The van der Waals surface area contributed by atoms with Crippen LogP contribution < -0.4 is 4.74 Å². The highest BCUT2D eigenvalue weighted by Gasteiger charge is 2.08. The molecule has 0 radical (unpaired) electrons. The Labute approximate surface area is 154 Å². The first kappa shape index (κ1) is 17.6. The van der Waals surface area contributed by atoms with Gasteiger partial charge in [0, 0.05) is 5.56 Å². The number of nitrogens with one attached hydrogen (secondary N) is 1. The van der Waals surface area contributed by atoms with Gasteiger partial charge in [0.1, 0.15) is 5.75 Å². The molecule has 0 amide bonds. The highest BCUT2D eigenvalue weighted by Crippen LogP contribution is 2.20. The lowest BCUT2D eigenvalue weighted by Crippen LogP contribution is -2.01. The van der Waals surface area contributed by atoms with E-state index in [1.165, 1.54) is 11.8 Å². The molecule has 0 aliphatic rings. The van der Waals surface area contributed by atoms with Crippen molar-refractivity contribution in [2.24, 2.45) is 5.10 Å². The summed E-state index contributed by atoms with van der Waals surface area (Å²) >= 11 is 5.25. The normalized spacial score (nSPS) is 10.8. The van der Waals surface area contributed by atoms with E-state index in [1.54, 1.807) is 37.6 Å². The number of rotatable bonds is 5. The number of aromatic amines is 1. The smallest absolute Gasteiger partial charge is 0.337 e. The first-order chi connectivity index (χ1) is 12.6. The van der Waals surface area contributed by atoms with Gasteiger partial charge in [0.05, 0.1) is 26.0 Å². The Bertz CT molecular complexity index is 989. The highest BCUT2D eigenvalue weighted by molar-refractivity contribution is 7.71. The van der Waals surface area contributed by atoms with Crippen molar-refractivity contribution >= 4 is 24.4 Å². The van der Waals surface area contributed by atoms with Crippen LogP contribution in [0.25, 0.3) is 11.4 Å². The molecule has 3 rings (SSSR count). The van der Waals surface area contributed by atoms with Gasteiger partial charge in [-0.3, -0.25) is 0 Å². The van der Waals surface area contributed by atoms with Crippen LogP contribution in [-0.2, 0) is 4.74 Å². The molecule has 0 unspecified atom stereocenters. The Hall–Kier alpha value is -3.26. The lowest BCUT2D eigenvalue weighted by atomic mass is 10.1. The summed E-state index contributed by atoms with van der Waals surface area (Å²) in [5.41, 5.74) is 2.13. The molecular weight excluding hydrogens is 352 g/mol. The number of hydrogen-bond donors (Lipinski definition) is 1. The van der Waals surface area contributed by atoms with Crippen molar-refractivity contribution in [3.63, 3.8) is 0 Å². The summed E-state index contributed by atoms with van der Waals surface area (Å²) in [5, 5.41) is 11.4. The molecule has 0 aliphatic carbocycles. The maximum Gasteiger partial charge on any atom is 0.337 e. The molecule has 1 heterocycles. The molecule has 1 aromatic heterocycles. The fourth-order valence-electron chi connectivity index (χ4n) is 2.27. The van der Waals surface area contributed by atoms with Crippen molar-refractivity contribution in [2.75, 3.05) is 14.2 Å². The molecule has 132 valence electrons. The Morgan fingerprint density at radius 3 is 2.46 bits per heavy atom. The summed E-state index contributed by atoms with van der Waals surface area (Å²) in [6.45, 7) is 0. The van der Waals surface area contributed by atoms with E-state index in [-0.39, 0.29) is 5.97 Å². The van der Waals surface area contributed by atoms with Crippen LogP contribution in [0.2, 0.25) is 0 Å². The molecule has 0 spiro atoms. The van der Waals surface area contributed by atoms with Crippen LogP contribution in [0.5, 0.6) is 5.75 Å². The highest BCUT2D eigenvalue weighted by atomic mass is 32.1. The molecule has 8 heteroatoms. The summed E-state index contributed by atoms with van der Waals surface area (Å²) in [4.78, 5) is 11.5. The first-order valence-electron chi connectivity index (χ1n) is 7.67. The van der Waals surface area contributed by atoms with E-state index >= 15 is 0 Å². The van der Waals surface area contributed by atoms with Gasteiger partial charge in [-0.15, -0.1) is 0 Å². The van der Waals surface area contributed by atoms with Crippen molar-refractivity contribution in [2.45, 2.75) is 0 Å². The lowest BCUT2D eigenvalue weighted by molar-refractivity contribution is 0.0600. The summed E-state index contributed by atoms with van der Waals surface area (Å²) in [6, 6.07) is 14.3. The van der Waals surface area contributed by atoms with E-state index in [1.807, 2.05) is 24.3 Å². The molecule has 0 saturated heterocycles. The van der Waals surface area contributed by atoms with Gasteiger partial charge in [0.25, 0.3) is 0 Å². The number of benzene rings is 2. The van der Waals surface area contributed by atoms with Gasteiger partial charge in [-0.1, -0.05) is 12.1 Å². The van der Waals surface area contributed by atoms with E-state index in [4.69, 9.17) is 17.0 Å². The standard InChI is InChI=1S/C18H16N4O3S/c1-24-15-9-7-13(8-10-15)16-20-21-18(26)22(16)19-11-12-3-5-14(6-4-12)17(23)25-2/h3-11H,1-2H3,(H,21,26)/b19-11+. The second-order valence-corrected chi connectivity index (χ2v) is 5.64. The Morgan fingerprint density at radius 2 is 1.85 bits per heavy atom. The third-order valence-corrected chi connectivity index (χ3v) is 3.92. The van der Waals surface area contributed by atoms with E-state index in [0.717, 1.165) is 16.9 Å². The van der Waals surface area contributed by atoms with Crippen molar-refractivity contribution < 1.29 is 14.3 Å². The Morgan fingerprint density at radius 1 is 1.15 bits per heavy atom. The van der Waals surface area contributed by atoms with Crippen molar-refractivity contribution in [1.82, 2.24) is 14.9 Å². The monoisotopic (exact) mass is 368 g/mol. The van der Waals surface area contributed by atoms with E-state index in [2.05, 4.69) is 20.0 Å². The van der Waals surface area contributed by atoms with Crippen molar-refractivity contribution in [1.29, 1.82) is 0 Å². The maximum absolute atomic E-state index is 11.5. The average Bonchev–Trinajstić information content (AvgIpc) is 3.06. The van der Waals surface area contributed by atoms with Crippen LogP contribution in [-0.4, -0.2) is 41.3 Å². The molecule has 26 heavy (non-hydrogen) atoms. The fraction of sp³-hybridized carbons (Fsp3) is 0.111. The first-order valence-corrected chi connectivity index (χ1v) is 8.08. The molecule has 7 nitrogen and oxygen atoms in total. The summed E-state index contributed by atoms with van der Waals surface area (Å²) < 4.78 is 11.7. The topological polar surface area (TPSA) is 81.5 Å². The molecule has 3 aromatic rings. The third kappa shape index (κ3) is 3.70. The van der Waals surface area contributed by atoms with Crippen molar-refractivity contribution in [3.05, 3.63) is 64.4 Å². The minimum atomic E-state index is -0.382. The summed E-state index contributed by atoms with van der Waals surface area (Å²) in [5.74, 6) is 0.955. The molecule has 0 saturated carbocycles. The van der Waals surface area contributed by atoms with Crippen LogP contribution in [0.15, 0.2) is 53.6 Å². The van der Waals surface area contributed by atoms with Gasteiger partial charge in [0.2, 0.25) is 4.77 Å². The minimum Gasteiger partial charge on any atom is -0.497 e.